The zero-order valence-corrected chi connectivity index (χ0v) is 11.4. The van der Waals surface area contributed by atoms with E-state index >= 15 is 0 Å². The van der Waals surface area contributed by atoms with Crippen molar-refractivity contribution in [3.8, 4) is 0 Å². The molecule has 0 heterocycles. The minimum atomic E-state index is -0.198. The molecular weight excluding hydrogens is 260 g/mol. The summed E-state index contributed by atoms with van der Waals surface area (Å²) in [7, 11) is 0. The smallest absolute Gasteiger partial charge is 0.255 e. The van der Waals surface area contributed by atoms with Crippen molar-refractivity contribution in [2.45, 2.75) is 13.3 Å². The molecule has 1 amide bonds. The zero-order valence-electron chi connectivity index (χ0n) is 10.6. The van der Waals surface area contributed by atoms with E-state index in [9.17, 15) is 4.79 Å². The van der Waals surface area contributed by atoms with Gasteiger partial charge in [-0.05, 0) is 42.3 Å². The molecule has 2 aromatic rings. The summed E-state index contributed by atoms with van der Waals surface area (Å²) in [4.78, 5) is 12.1. The summed E-state index contributed by atoms with van der Waals surface area (Å²) in [5, 5.41) is 3.29. The predicted molar refractivity (Wildman–Crippen MR) is 79.6 cm³/mol. The zero-order chi connectivity index (χ0) is 13.8. The first kappa shape index (κ1) is 13.4. The number of nitrogens with two attached hydrogens (primary N) is 1. The molecule has 0 fully saturated rings. The Bertz CT molecular complexity index is 611. The fraction of sp³-hybridized carbons (Fsp3) is 0.133. The van der Waals surface area contributed by atoms with E-state index in [0.29, 0.717) is 16.3 Å². The fourth-order valence-corrected chi connectivity index (χ4v) is 1.87. The lowest BCUT2D eigenvalue weighted by Crippen LogP contribution is -2.12. The number of amides is 1. The average Bonchev–Trinajstić information content (AvgIpc) is 2.42. The Morgan fingerprint density at radius 3 is 2.74 bits per heavy atom. The van der Waals surface area contributed by atoms with Crippen LogP contribution >= 0.6 is 11.6 Å². The predicted octanol–water partition coefficient (Wildman–Crippen LogP) is 3.74. The standard InChI is InChI=1S/C15H15ClN2O/c1-2-10-4-3-5-12(8-10)18-15(19)11-6-7-13(16)14(17)9-11/h3-9H,2,17H2,1H3,(H,18,19). The number of aryl methyl sites for hydroxylation is 1. The highest BCUT2D eigenvalue weighted by molar-refractivity contribution is 6.33. The number of nitrogens with one attached hydrogen (secondary N) is 1. The number of benzene rings is 2. The van der Waals surface area contributed by atoms with E-state index in [-0.39, 0.29) is 5.91 Å². The summed E-state index contributed by atoms with van der Waals surface area (Å²) in [6.45, 7) is 2.07. The summed E-state index contributed by atoms with van der Waals surface area (Å²) in [5.41, 5.74) is 8.53. The topological polar surface area (TPSA) is 55.1 Å². The third-order valence-corrected chi connectivity index (χ3v) is 3.20. The lowest BCUT2D eigenvalue weighted by Gasteiger charge is -2.07. The maximum Gasteiger partial charge on any atom is 0.255 e. The number of anilines is 2. The molecule has 0 aliphatic heterocycles. The molecule has 0 spiro atoms. The van der Waals surface area contributed by atoms with E-state index < -0.39 is 0 Å². The molecule has 0 saturated carbocycles. The van der Waals surface area contributed by atoms with Crippen LogP contribution in [0, 0.1) is 0 Å². The van der Waals surface area contributed by atoms with Gasteiger partial charge < -0.3 is 11.1 Å². The molecule has 0 radical (unpaired) electrons. The molecule has 0 atom stereocenters. The monoisotopic (exact) mass is 274 g/mol. The van der Waals surface area contributed by atoms with Crippen LogP contribution in [0.25, 0.3) is 0 Å². The molecule has 0 aliphatic carbocycles. The van der Waals surface area contributed by atoms with Crippen molar-refractivity contribution in [3.05, 3.63) is 58.6 Å². The van der Waals surface area contributed by atoms with E-state index in [0.717, 1.165) is 12.1 Å². The highest BCUT2D eigenvalue weighted by Crippen LogP contribution is 2.20. The number of carbonyl (C=O) groups is 1. The van der Waals surface area contributed by atoms with Crippen molar-refractivity contribution in [1.29, 1.82) is 0 Å². The maximum absolute atomic E-state index is 12.1. The second-order valence-corrected chi connectivity index (χ2v) is 4.65. The molecule has 2 aromatic carbocycles. The van der Waals surface area contributed by atoms with Crippen molar-refractivity contribution in [3.63, 3.8) is 0 Å². The summed E-state index contributed by atoms with van der Waals surface area (Å²) in [6, 6.07) is 12.6. The van der Waals surface area contributed by atoms with Gasteiger partial charge >= 0.3 is 0 Å². The lowest BCUT2D eigenvalue weighted by molar-refractivity contribution is 0.102. The van der Waals surface area contributed by atoms with Crippen LogP contribution in [0.1, 0.15) is 22.8 Å². The van der Waals surface area contributed by atoms with E-state index in [1.807, 2.05) is 24.3 Å². The maximum atomic E-state index is 12.1. The minimum absolute atomic E-state index is 0.198. The lowest BCUT2D eigenvalue weighted by atomic mass is 10.1. The third-order valence-electron chi connectivity index (χ3n) is 2.85. The number of hydrogen-bond donors (Lipinski definition) is 2. The number of carbonyl (C=O) groups excluding carboxylic acids is 1. The number of hydrogen-bond acceptors (Lipinski definition) is 2. The van der Waals surface area contributed by atoms with Crippen molar-refractivity contribution in [2.24, 2.45) is 0 Å². The quantitative estimate of drug-likeness (QED) is 0.838. The summed E-state index contributed by atoms with van der Waals surface area (Å²) in [6.07, 6.45) is 0.928. The summed E-state index contributed by atoms with van der Waals surface area (Å²) < 4.78 is 0. The Morgan fingerprint density at radius 2 is 2.05 bits per heavy atom. The molecule has 98 valence electrons. The van der Waals surface area contributed by atoms with Crippen molar-refractivity contribution < 1.29 is 4.79 Å². The normalized spacial score (nSPS) is 10.2. The first-order valence-electron chi connectivity index (χ1n) is 6.05. The Morgan fingerprint density at radius 1 is 1.26 bits per heavy atom. The summed E-state index contributed by atoms with van der Waals surface area (Å²) >= 11 is 5.83. The van der Waals surface area contributed by atoms with Crippen molar-refractivity contribution in [2.75, 3.05) is 11.1 Å². The second-order valence-electron chi connectivity index (χ2n) is 4.24. The van der Waals surface area contributed by atoms with Crippen molar-refractivity contribution in [1.82, 2.24) is 0 Å². The highest BCUT2D eigenvalue weighted by atomic mass is 35.5. The molecule has 3 N–H and O–H groups in total. The van der Waals surface area contributed by atoms with Crippen LogP contribution in [0.2, 0.25) is 5.02 Å². The van der Waals surface area contributed by atoms with Gasteiger partial charge in [-0.25, -0.2) is 0 Å². The second kappa shape index (κ2) is 5.76. The number of nitrogen functional groups attached to an aromatic ring is 1. The van der Waals surface area contributed by atoms with E-state index in [1.54, 1.807) is 18.2 Å². The number of halogens is 1. The SMILES string of the molecule is CCc1cccc(NC(=O)c2ccc(Cl)c(N)c2)c1. The van der Waals surface area contributed by atoms with Gasteiger partial charge in [0.05, 0.1) is 10.7 Å². The molecule has 0 saturated heterocycles. The van der Waals surface area contributed by atoms with Gasteiger partial charge in [0.25, 0.3) is 5.91 Å². The average molecular weight is 275 g/mol. The van der Waals surface area contributed by atoms with Gasteiger partial charge in [-0.1, -0.05) is 30.7 Å². The van der Waals surface area contributed by atoms with E-state index in [1.165, 1.54) is 5.56 Å². The molecule has 3 nitrogen and oxygen atoms in total. The Labute approximate surface area is 117 Å². The van der Waals surface area contributed by atoms with Crippen LogP contribution in [-0.4, -0.2) is 5.91 Å². The van der Waals surface area contributed by atoms with Gasteiger partial charge in [0.1, 0.15) is 0 Å². The fourth-order valence-electron chi connectivity index (χ4n) is 1.76. The molecule has 0 aliphatic rings. The van der Waals surface area contributed by atoms with Crippen molar-refractivity contribution >= 4 is 28.9 Å². The highest BCUT2D eigenvalue weighted by Gasteiger charge is 2.08. The molecule has 19 heavy (non-hydrogen) atoms. The van der Waals surface area contributed by atoms with Crippen LogP contribution in [-0.2, 0) is 6.42 Å². The molecule has 4 heteroatoms. The van der Waals surface area contributed by atoms with E-state index in [4.69, 9.17) is 17.3 Å². The minimum Gasteiger partial charge on any atom is -0.398 e. The van der Waals surface area contributed by atoms with Crippen LogP contribution in [0.3, 0.4) is 0 Å². The van der Waals surface area contributed by atoms with E-state index in [2.05, 4.69) is 12.2 Å². The first-order valence-corrected chi connectivity index (χ1v) is 6.43. The molecular formula is C15H15ClN2O. The van der Waals surface area contributed by atoms with Gasteiger partial charge in [0.2, 0.25) is 0 Å². The Balaban J connectivity index is 2.18. The molecule has 2 rings (SSSR count). The largest absolute Gasteiger partial charge is 0.398 e. The van der Waals surface area contributed by atoms with Gasteiger partial charge in [-0.15, -0.1) is 0 Å². The first-order chi connectivity index (χ1) is 9.10. The Kier molecular flexibility index (Phi) is 4.07. The van der Waals surface area contributed by atoms with Gasteiger partial charge in [0, 0.05) is 11.3 Å². The van der Waals surface area contributed by atoms with Gasteiger partial charge in [-0.2, -0.15) is 0 Å². The van der Waals surface area contributed by atoms with Crippen LogP contribution in [0.4, 0.5) is 11.4 Å². The van der Waals surface area contributed by atoms with Crippen LogP contribution < -0.4 is 11.1 Å². The third kappa shape index (κ3) is 3.26. The summed E-state index contributed by atoms with van der Waals surface area (Å²) in [5.74, 6) is -0.198. The van der Waals surface area contributed by atoms with Crippen LogP contribution in [0.5, 0.6) is 0 Å². The molecule has 0 unspecified atom stereocenters. The van der Waals surface area contributed by atoms with Gasteiger partial charge in [0.15, 0.2) is 0 Å². The molecule has 0 aromatic heterocycles. The van der Waals surface area contributed by atoms with Gasteiger partial charge in [-0.3, -0.25) is 4.79 Å². The molecule has 0 bridgehead atoms. The van der Waals surface area contributed by atoms with Crippen LogP contribution in [0.15, 0.2) is 42.5 Å². The Hall–Kier alpha value is -2.00. The number of rotatable bonds is 3.